The van der Waals surface area contributed by atoms with E-state index in [9.17, 15) is 4.79 Å². The Balaban J connectivity index is 2.39. The number of methoxy groups -OCH3 is 1. The number of aryl methyl sites for hydroxylation is 1. The molecular weight excluding hydrogens is 216 g/mol. The van der Waals surface area contributed by atoms with Gasteiger partial charge >= 0.3 is 0 Å². The van der Waals surface area contributed by atoms with Gasteiger partial charge in [0.05, 0.1) is 7.11 Å². The molecule has 94 valence electrons. The molecule has 0 heterocycles. The van der Waals surface area contributed by atoms with Gasteiger partial charge in [-0.05, 0) is 37.1 Å². The summed E-state index contributed by atoms with van der Waals surface area (Å²) in [5.74, 6) is 0.941. The maximum absolute atomic E-state index is 11.0. The van der Waals surface area contributed by atoms with Gasteiger partial charge in [-0.1, -0.05) is 0 Å². The zero-order chi connectivity index (χ0) is 12.7. The van der Waals surface area contributed by atoms with E-state index in [0.717, 1.165) is 30.0 Å². The molecule has 2 N–H and O–H groups in total. The van der Waals surface area contributed by atoms with Crippen molar-refractivity contribution in [2.24, 2.45) is 0 Å². The van der Waals surface area contributed by atoms with Crippen molar-refractivity contribution in [3.63, 3.8) is 0 Å². The Kier molecular flexibility index (Phi) is 5.33. The van der Waals surface area contributed by atoms with E-state index >= 15 is 0 Å². The molecule has 0 unspecified atom stereocenters. The quantitative estimate of drug-likeness (QED) is 0.742. The number of ether oxygens (including phenoxy) is 1. The number of anilines is 1. The van der Waals surface area contributed by atoms with Crippen LogP contribution in [0.1, 0.15) is 18.4 Å². The van der Waals surface area contributed by atoms with Gasteiger partial charge in [0.1, 0.15) is 5.75 Å². The Morgan fingerprint density at radius 2 is 2.18 bits per heavy atom. The number of hydrogen-bond donors (Lipinski definition) is 2. The SMILES string of the molecule is CNC(=O)CCCNc1ccc(OC)cc1C. The van der Waals surface area contributed by atoms with Crippen molar-refractivity contribution in [3.05, 3.63) is 23.8 Å². The highest BCUT2D eigenvalue weighted by atomic mass is 16.5. The Bertz CT molecular complexity index is 378. The lowest BCUT2D eigenvalue weighted by atomic mass is 10.2. The summed E-state index contributed by atoms with van der Waals surface area (Å²) in [5, 5.41) is 5.91. The van der Waals surface area contributed by atoms with E-state index in [1.165, 1.54) is 0 Å². The summed E-state index contributed by atoms with van der Waals surface area (Å²) in [6.45, 7) is 2.82. The molecule has 0 aliphatic carbocycles. The fraction of sp³-hybridized carbons (Fsp3) is 0.462. The second kappa shape index (κ2) is 6.78. The van der Waals surface area contributed by atoms with Crippen LogP contribution < -0.4 is 15.4 Å². The standard InChI is InChI=1S/C13H20N2O2/c1-10-9-11(17-3)6-7-12(10)15-8-4-5-13(16)14-2/h6-7,9,15H,4-5,8H2,1-3H3,(H,14,16). The van der Waals surface area contributed by atoms with Gasteiger partial charge in [-0.15, -0.1) is 0 Å². The molecule has 4 heteroatoms. The van der Waals surface area contributed by atoms with E-state index < -0.39 is 0 Å². The fourth-order valence-corrected chi connectivity index (χ4v) is 1.56. The Labute approximate surface area is 102 Å². The van der Waals surface area contributed by atoms with Crippen molar-refractivity contribution in [2.75, 3.05) is 26.0 Å². The van der Waals surface area contributed by atoms with Crippen molar-refractivity contribution in [2.45, 2.75) is 19.8 Å². The summed E-state index contributed by atoms with van der Waals surface area (Å²) in [6.07, 6.45) is 1.38. The van der Waals surface area contributed by atoms with E-state index in [1.807, 2.05) is 25.1 Å². The van der Waals surface area contributed by atoms with Gasteiger partial charge in [-0.2, -0.15) is 0 Å². The first-order valence-corrected chi connectivity index (χ1v) is 5.76. The molecule has 4 nitrogen and oxygen atoms in total. The Morgan fingerprint density at radius 3 is 2.76 bits per heavy atom. The minimum Gasteiger partial charge on any atom is -0.497 e. The molecule has 0 aliphatic heterocycles. The first-order valence-electron chi connectivity index (χ1n) is 5.76. The second-order valence-corrected chi connectivity index (χ2v) is 3.88. The minimum atomic E-state index is 0.0817. The van der Waals surface area contributed by atoms with E-state index in [1.54, 1.807) is 14.2 Å². The lowest BCUT2D eigenvalue weighted by Crippen LogP contribution is -2.18. The maximum Gasteiger partial charge on any atom is 0.219 e. The summed E-state index contributed by atoms with van der Waals surface area (Å²) in [4.78, 5) is 11.0. The highest BCUT2D eigenvalue weighted by molar-refractivity contribution is 5.75. The number of carbonyl (C=O) groups is 1. The summed E-state index contributed by atoms with van der Waals surface area (Å²) in [6, 6.07) is 5.91. The van der Waals surface area contributed by atoms with Crippen LogP contribution >= 0.6 is 0 Å². The first kappa shape index (κ1) is 13.4. The molecule has 1 aromatic carbocycles. The molecule has 17 heavy (non-hydrogen) atoms. The van der Waals surface area contributed by atoms with Crippen LogP contribution in [-0.4, -0.2) is 26.6 Å². The molecule has 0 atom stereocenters. The molecule has 1 rings (SSSR count). The van der Waals surface area contributed by atoms with Crippen molar-refractivity contribution in [1.29, 1.82) is 0 Å². The zero-order valence-electron chi connectivity index (χ0n) is 10.7. The number of rotatable bonds is 6. The maximum atomic E-state index is 11.0. The molecule has 0 aromatic heterocycles. The lowest BCUT2D eigenvalue weighted by molar-refractivity contribution is -0.120. The molecule has 0 saturated carbocycles. The Morgan fingerprint density at radius 1 is 1.41 bits per heavy atom. The van der Waals surface area contributed by atoms with Crippen LogP contribution in [-0.2, 0) is 4.79 Å². The number of nitrogens with one attached hydrogen (secondary N) is 2. The molecule has 0 aliphatic rings. The van der Waals surface area contributed by atoms with Crippen LogP contribution in [0, 0.1) is 6.92 Å². The highest BCUT2D eigenvalue weighted by Gasteiger charge is 2.01. The van der Waals surface area contributed by atoms with Crippen molar-refractivity contribution < 1.29 is 9.53 Å². The van der Waals surface area contributed by atoms with Gasteiger partial charge in [0.2, 0.25) is 5.91 Å². The normalized spacial score (nSPS) is 9.82. The van der Waals surface area contributed by atoms with Gasteiger partial charge in [0, 0.05) is 25.7 Å². The molecule has 0 bridgehead atoms. The second-order valence-electron chi connectivity index (χ2n) is 3.88. The average Bonchev–Trinajstić information content (AvgIpc) is 2.35. The van der Waals surface area contributed by atoms with Crippen LogP contribution in [0.2, 0.25) is 0 Å². The largest absolute Gasteiger partial charge is 0.497 e. The summed E-state index contributed by atoms with van der Waals surface area (Å²) in [5.41, 5.74) is 2.23. The third kappa shape index (κ3) is 4.34. The fourth-order valence-electron chi connectivity index (χ4n) is 1.56. The summed E-state index contributed by atoms with van der Waals surface area (Å²) >= 11 is 0. The van der Waals surface area contributed by atoms with Gasteiger partial charge in [0.15, 0.2) is 0 Å². The van der Waals surface area contributed by atoms with Crippen molar-refractivity contribution in [1.82, 2.24) is 5.32 Å². The predicted molar refractivity (Wildman–Crippen MR) is 69.5 cm³/mol. The predicted octanol–water partition coefficient (Wildman–Crippen LogP) is 1.94. The van der Waals surface area contributed by atoms with E-state index in [2.05, 4.69) is 10.6 Å². The smallest absolute Gasteiger partial charge is 0.219 e. The average molecular weight is 236 g/mol. The molecule has 0 fully saturated rings. The zero-order valence-corrected chi connectivity index (χ0v) is 10.7. The van der Waals surface area contributed by atoms with Crippen molar-refractivity contribution >= 4 is 11.6 Å². The topological polar surface area (TPSA) is 50.4 Å². The molecule has 0 radical (unpaired) electrons. The summed E-state index contributed by atoms with van der Waals surface area (Å²) in [7, 11) is 3.31. The first-order chi connectivity index (χ1) is 8.17. The number of benzene rings is 1. The third-order valence-electron chi connectivity index (χ3n) is 2.61. The van der Waals surface area contributed by atoms with Crippen molar-refractivity contribution in [3.8, 4) is 5.75 Å². The van der Waals surface area contributed by atoms with Gasteiger partial charge in [0.25, 0.3) is 0 Å². The minimum absolute atomic E-state index is 0.0817. The third-order valence-corrected chi connectivity index (χ3v) is 2.61. The number of carbonyl (C=O) groups excluding carboxylic acids is 1. The van der Waals surface area contributed by atoms with Gasteiger partial charge in [-0.25, -0.2) is 0 Å². The van der Waals surface area contributed by atoms with Gasteiger partial charge in [-0.3, -0.25) is 4.79 Å². The van der Waals surface area contributed by atoms with E-state index in [0.29, 0.717) is 6.42 Å². The van der Waals surface area contributed by atoms with E-state index in [4.69, 9.17) is 4.74 Å². The lowest BCUT2D eigenvalue weighted by Gasteiger charge is -2.10. The Hall–Kier alpha value is -1.71. The van der Waals surface area contributed by atoms with Crippen LogP contribution in [0.25, 0.3) is 0 Å². The molecular formula is C13H20N2O2. The molecule has 0 spiro atoms. The van der Waals surface area contributed by atoms with E-state index in [-0.39, 0.29) is 5.91 Å². The molecule has 1 amide bonds. The monoisotopic (exact) mass is 236 g/mol. The van der Waals surface area contributed by atoms with Crippen LogP contribution in [0.4, 0.5) is 5.69 Å². The number of hydrogen-bond acceptors (Lipinski definition) is 3. The van der Waals surface area contributed by atoms with Gasteiger partial charge < -0.3 is 15.4 Å². The van der Waals surface area contributed by atoms with Crippen LogP contribution in [0.3, 0.4) is 0 Å². The highest BCUT2D eigenvalue weighted by Crippen LogP contribution is 2.20. The molecule has 1 aromatic rings. The number of amides is 1. The van der Waals surface area contributed by atoms with Crippen LogP contribution in [0.5, 0.6) is 5.75 Å². The summed E-state index contributed by atoms with van der Waals surface area (Å²) < 4.78 is 5.14. The van der Waals surface area contributed by atoms with Crippen LogP contribution in [0.15, 0.2) is 18.2 Å². The molecule has 0 saturated heterocycles.